The van der Waals surface area contributed by atoms with Crippen LogP contribution in [0, 0.1) is 13.8 Å². The molecule has 1 N–H and O–H groups in total. The lowest BCUT2D eigenvalue weighted by atomic mass is 10.1. The van der Waals surface area contributed by atoms with Crippen LogP contribution in [0.15, 0.2) is 6.20 Å². The van der Waals surface area contributed by atoms with E-state index in [2.05, 4.69) is 15.4 Å². The largest absolute Gasteiger partial charge is 0.383 e. The maximum atomic E-state index is 6.33. The van der Waals surface area contributed by atoms with Gasteiger partial charge in [0.25, 0.3) is 0 Å². The number of rotatable bonds is 6. The Morgan fingerprint density at radius 2 is 2.25 bits per heavy atom. The Balaban J connectivity index is 2.41. The molecule has 2 aromatic heterocycles. The van der Waals surface area contributed by atoms with Crippen molar-refractivity contribution in [2.45, 2.75) is 26.4 Å². The zero-order valence-corrected chi connectivity index (χ0v) is 13.7. The number of ether oxygens (including phenoxy) is 1. The van der Waals surface area contributed by atoms with Crippen LogP contribution in [0.4, 0.5) is 0 Å². The first kappa shape index (κ1) is 15.4. The minimum atomic E-state index is -0.00643. The van der Waals surface area contributed by atoms with Gasteiger partial charge in [0, 0.05) is 7.11 Å². The van der Waals surface area contributed by atoms with E-state index in [1.54, 1.807) is 24.6 Å². The standard InChI is InChI=1S/C13H19ClN4OS/c1-8-13(20-9(2)17-8)11(15-3)12-10(14)7-16-18(12)5-6-19-4/h7,11,15H,5-6H2,1-4H3. The highest BCUT2D eigenvalue weighted by molar-refractivity contribution is 7.11. The number of nitrogens with zero attached hydrogens (tertiary/aromatic N) is 3. The summed E-state index contributed by atoms with van der Waals surface area (Å²) in [5, 5.41) is 9.36. The average molecular weight is 315 g/mol. The molecule has 2 heterocycles. The fraction of sp³-hybridized carbons (Fsp3) is 0.538. The Morgan fingerprint density at radius 1 is 1.50 bits per heavy atom. The van der Waals surface area contributed by atoms with Crippen molar-refractivity contribution in [1.29, 1.82) is 0 Å². The Hall–Kier alpha value is -0.950. The summed E-state index contributed by atoms with van der Waals surface area (Å²) in [7, 11) is 3.60. The normalized spacial score (nSPS) is 12.8. The highest BCUT2D eigenvalue weighted by atomic mass is 35.5. The summed E-state index contributed by atoms with van der Waals surface area (Å²) in [6, 6.07) is -0.00643. The van der Waals surface area contributed by atoms with Gasteiger partial charge in [0.2, 0.25) is 0 Å². The van der Waals surface area contributed by atoms with E-state index in [9.17, 15) is 0 Å². The van der Waals surface area contributed by atoms with Gasteiger partial charge in [-0.3, -0.25) is 4.68 Å². The van der Waals surface area contributed by atoms with E-state index < -0.39 is 0 Å². The van der Waals surface area contributed by atoms with Crippen molar-refractivity contribution in [3.63, 3.8) is 0 Å². The molecule has 0 aliphatic heterocycles. The molecule has 0 bridgehead atoms. The zero-order valence-electron chi connectivity index (χ0n) is 12.1. The molecule has 0 aliphatic rings. The Bertz CT molecular complexity index is 581. The van der Waals surface area contributed by atoms with Crippen molar-refractivity contribution >= 4 is 22.9 Å². The first-order valence-electron chi connectivity index (χ1n) is 6.39. The summed E-state index contributed by atoms with van der Waals surface area (Å²) >= 11 is 8.01. The molecule has 0 aliphatic carbocycles. The van der Waals surface area contributed by atoms with Crippen LogP contribution in [0.5, 0.6) is 0 Å². The van der Waals surface area contributed by atoms with E-state index >= 15 is 0 Å². The fourth-order valence-electron chi connectivity index (χ4n) is 2.22. The monoisotopic (exact) mass is 314 g/mol. The maximum absolute atomic E-state index is 6.33. The third kappa shape index (κ3) is 3.03. The lowest BCUT2D eigenvalue weighted by Gasteiger charge is -2.18. The highest BCUT2D eigenvalue weighted by Crippen LogP contribution is 2.33. The van der Waals surface area contributed by atoms with Gasteiger partial charge in [-0.25, -0.2) is 4.98 Å². The molecule has 0 amide bonds. The van der Waals surface area contributed by atoms with Crippen LogP contribution in [0.3, 0.4) is 0 Å². The number of nitrogens with one attached hydrogen (secondary N) is 1. The van der Waals surface area contributed by atoms with Crippen LogP contribution in [-0.2, 0) is 11.3 Å². The van der Waals surface area contributed by atoms with Crippen molar-refractivity contribution in [2.24, 2.45) is 0 Å². The van der Waals surface area contributed by atoms with E-state index in [1.165, 1.54) is 4.88 Å². The predicted octanol–water partition coefficient (Wildman–Crippen LogP) is 2.57. The maximum Gasteiger partial charge on any atom is 0.0900 e. The van der Waals surface area contributed by atoms with Crippen LogP contribution < -0.4 is 5.32 Å². The van der Waals surface area contributed by atoms with Gasteiger partial charge in [-0.15, -0.1) is 11.3 Å². The average Bonchev–Trinajstić information content (AvgIpc) is 2.93. The van der Waals surface area contributed by atoms with Gasteiger partial charge in [-0.2, -0.15) is 5.10 Å². The minimum Gasteiger partial charge on any atom is -0.383 e. The van der Waals surface area contributed by atoms with Crippen molar-refractivity contribution in [3.05, 3.63) is 32.5 Å². The number of methoxy groups -OCH3 is 1. The van der Waals surface area contributed by atoms with Gasteiger partial charge in [-0.1, -0.05) is 11.6 Å². The summed E-state index contributed by atoms with van der Waals surface area (Å²) in [5.74, 6) is 0. The molecular formula is C13H19ClN4OS. The quantitative estimate of drug-likeness (QED) is 0.890. The topological polar surface area (TPSA) is 52.0 Å². The van der Waals surface area contributed by atoms with Crippen LogP contribution >= 0.6 is 22.9 Å². The van der Waals surface area contributed by atoms with Crippen molar-refractivity contribution in [3.8, 4) is 0 Å². The molecule has 1 atom stereocenters. The molecule has 2 aromatic rings. The SMILES string of the molecule is CNC(c1sc(C)nc1C)c1c(Cl)cnn1CCOC. The van der Waals surface area contributed by atoms with E-state index in [0.29, 0.717) is 18.2 Å². The zero-order chi connectivity index (χ0) is 14.7. The second-order valence-electron chi connectivity index (χ2n) is 4.50. The van der Waals surface area contributed by atoms with E-state index in [-0.39, 0.29) is 6.04 Å². The number of hydrogen-bond donors (Lipinski definition) is 1. The van der Waals surface area contributed by atoms with Crippen LogP contribution in [-0.4, -0.2) is 35.5 Å². The van der Waals surface area contributed by atoms with Crippen molar-refractivity contribution in [1.82, 2.24) is 20.1 Å². The molecule has 0 fully saturated rings. The van der Waals surface area contributed by atoms with Gasteiger partial charge in [0.05, 0.1) is 51.7 Å². The summed E-state index contributed by atoms with van der Waals surface area (Å²) in [6.45, 7) is 5.31. The van der Waals surface area contributed by atoms with Crippen molar-refractivity contribution < 1.29 is 4.74 Å². The first-order chi connectivity index (χ1) is 9.58. The molecule has 5 nitrogen and oxygen atoms in total. The number of aromatic nitrogens is 3. The highest BCUT2D eigenvalue weighted by Gasteiger charge is 2.24. The second kappa shape index (κ2) is 6.67. The van der Waals surface area contributed by atoms with Gasteiger partial charge < -0.3 is 10.1 Å². The molecule has 2 rings (SSSR count). The van der Waals surface area contributed by atoms with Gasteiger partial charge in [0.1, 0.15) is 0 Å². The lowest BCUT2D eigenvalue weighted by molar-refractivity contribution is 0.182. The van der Waals surface area contributed by atoms with E-state index in [1.807, 2.05) is 25.6 Å². The van der Waals surface area contributed by atoms with Crippen LogP contribution in [0.1, 0.15) is 27.3 Å². The third-order valence-corrected chi connectivity index (χ3v) is 4.53. The smallest absolute Gasteiger partial charge is 0.0900 e. The predicted molar refractivity (Wildman–Crippen MR) is 81.6 cm³/mol. The molecule has 20 heavy (non-hydrogen) atoms. The molecule has 0 spiro atoms. The molecule has 1 unspecified atom stereocenters. The van der Waals surface area contributed by atoms with Gasteiger partial charge in [-0.05, 0) is 20.9 Å². The minimum absolute atomic E-state index is 0.00643. The number of halogens is 1. The summed E-state index contributed by atoms with van der Waals surface area (Å²) < 4.78 is 7.01. The second-order valence-corrected chi connectivity index (χ2v) is 6.14. The molecule has 0 saturated carbocycles. The summed E-state index contributed by atoms with van der Waals surface area (Å²) in [5.41, 5.74) is 1.99. The van der Waals surface area contributed by atoms with Crippen LogP contribution in [0.2, 0.25) is 5.02 Å². The Morgan fingerprint density at radius 3 is 2.80 bits per heavy atom. The van der Waals surface area contributed by atoms with E-state index in [0.717, 1.165) is 16.4 Å². The van der Waals surface area contributed by atoms with Crippen molar-refractivity contribution in [2.75, 3.05) is 20.8 Å². The van der Waals surface area contributed by atoms with Gasteiger partial charge in [0.15, 0.2) is 0 Å². The van der Waals surface area contributed by atoms with Crippen LogP contribution in [0.25, 0.3) is 0 Å². The summed E-state index contributed by atoms with van der Waals surface area (Å²) in [6.07, 6.45) is 1.68. The third-order valence-electron chi connectivity index (χ3n) is 3.10. The molecule has 7 heteroatoms. The molecule has 0 saturated heterocycles. The molecular weight excluding hydrogens is 296 g/mol. The number of hydrogen-bond acceptors (Lipinski definition) is 5. The summed E-state index contributed by atoms with van der Waals surface area (Å²) in [4.78, 5) is 5.66. The lowest BCUT2D eigenvalue weighted by Crippen LogP contribution is -2.22. The Kier molecular flexibility index (Phi) is 5.15. The molecule has 0 aromatic carbocycles. The Labute approximate surface area is 127 Å². The molecule has 0 radical (unpaired) electrons. The number of thiazole rings is 1. The molecule has 110 valence electrons. The van der Waals surface area contributed by atoms with E-state index in [4.69, 9.17) is 16.3 Å². The fourth-order valence-corrected chi connectivity index (χ4v) is 3.51. The number of aryl methyl sites for hydroxylation is 2. The first-order valence-corrected chi connectivity index (χ1v) is 7.59. The van der Waals surface area contributed by atoms with Gasteiger partial charge >= 0.3 is 0 Å².